The van der Waals surface area contributed by atoms with Crippen LogP contribution >= 0.6 is 67.8 Å². The van der Waals surface area contributed by atoms with Crippen molar-refractivity contribution < 1.29 is 38.1 Å². The fourth-order valence-corrected chi connectivity index (χ4v) is 7.03. The van der Waals surface area contributed by atoms with Crippen LogP contribution in [0.25, 0.3) is 0 Å². The van der Waals surface area contributed by atoms with E-state index in [0.29, 0.717) is 27.5 Å². The highest BCUT2D eigenvalue weighted by Gasteiger charge is 2.38. The molecule has 2 rings (SSSR count). The first kappa shape index (κ1) is 28.4. The number of hydrogen-bond acceptors (Lipinski definition) is 8. The smallest absolute Gasteiger partial charge is 0.302 e. The summed E-state index contributed by atoms with van der Waals surface area (Å²) in [7, 11) is 0. The summed E-state index contributed by atoms with van der Waals surface area (Å²) >= 11 is 6.05. The van der Waals surface area contributed by atoms with Crippen molar-refractivity contribution in [1.82, 2.24) is 5.32 Å². The van der Waals surface area contributed by atoms with Gasteiger partial charge in [-0.2, -0.15) is 0 Å². The molecule has 0 bridgehead atoms. The summed E-state index contributed by atoms with van der Waals surface area (Å²) in [4.78, 5) is 48.2. The number of amides is 2. The van der Waals surface area contributed by atoms with Crippen LogP contribution in [-0.2, 0) is 39.9 Å². The van der Waals surface area contributed by atoms with Gasteiger partial charge in [-0.1, -0.05) is 0 Å². The van der Waals surface area contributed by atoms with Crippen molar-refractivity contribution in [3.05, 3.63) is 21.8 Å². The predicted molar refractivity (Wildman–Crippen MR) is 143 cm³/mol. The Balaban J connectivity index is 2.38. The van der Waals surface area contributed by atoms with Gasteiger partial charge in [-0.25, -0.2) is 0 Å². The number of esters is 2. The van der Waals surface area contributed by atoms with E-state index < -0.39 is 35.6 Å². The van der Waals surface area contributed by atoms with E-state index in [1.54, 1.807) is 13.8 Å². The third-order valence-corrected chi connectivity index (χ3v) is 7.76. The molecule has 0 aromatic heterocycles. The molecule has 1 aliphatic rings. The molecule has 0 aliphatic carbocycles. The van der Waals surface area contributed by atoms with E-state index in [1.165, 1.54) is 13.8 Å². The van der Waals surface area contributed by atoms with E-state index in [2.05, 4.69) is 10.6 Å². The second kappa shape index (κ2) is 12.3. The second-order valence-corrected chi connectivity index (χ2v) is 10.6. The molecule has 1 aliphatic heterocycles. The lowest BCUT2D eigenvalue weighted by atomic mass is 10.1. The van der Waals surface area contributed by atoms with Crippen molar-refractivity contribution in [1.29, 1.82) is 0 Å². The van der Waals surface area contributed by atoms with Gasteiger partial charge in [-0.3, -0.25) is 19.2 Å². The summed E-state index contributed by atoms with van der Waals surface area (Å²) in [5, 5.41) is 5.54. The fraction of sp³-hybridized carbons (Fsp3) is 0.500. The molecule has 1 aromatic carbocycles. The molecule has 0 radical (unpaired) electrons. The summed E-state index contributed by atoms with van der Waals surface area (Å²) in [6.07, 6.45) is -0.816. The lowest BCUT2D eigenvalue weighted by molar-refractivity contribution is -0.150. The maximum Gasteiger partial charge on any atom is 0.302 e. The van der Waals surface area contributed by atoms with Crippen molar-refractivity contribution in [3.63, 3.8) is 0 Å². The molecule has 0 saturated carbocycles. The molecule has 1 unspecified atom stereocenters. The lowest BCUT2D eigenvalue weighted by Crippen LogP contribution is -2.33. The third kappa shape index (κ3) is 7.86. The van der Waals surface area contributed by atoms with Crippen molar-refractivity contribution in [2.24, 2.45) is 0 Å². The minimum absolute atomic E-state index is 0.0251. The van der Waals surface area contributed by atoms with E-state index in [4.69, 9.17) is 18.9 Å². The molecular formula is C20H23I3N2O8. The summed E-state index contributed by atoms with van der Waals surface area (Å²) < 4.78 is 22.8. The number of hydrogen-bond donors (Lipinski definition) is 2. The van der Waals surface area contributed by atoms with Crippen LogP contribution in [0.5, 0.6) is 0 Å². The number of benzene rings is 1. The molecule has 33 heavy (non-hydrogen) atoms. The Kier molecular flexibility index (Phi) is 10.6. The highest BCUT2D eigenvalue weighted by atomic mass is 127. The average Bonchev–Trinajstić information content (AvgIpc) is 3.08. The summed E-state index contributed by atoms with van der Waals surface area (Å²) in [5.41, 5.74) is 1.29. The first-order valence-electron chi connectivity index (χ1n) is 9.71. The highest BCUT2D eigenvalue weighted by molar-refractivity contribution is 14.1. The summed E-state index contributed by atoms with van der Waals surface area (Å²) in [6, 6.07) is 0. The SMILES string of the molecule is CC(=O)OCCNC(=O)c1c(I)c(COC(C)=O)c(I)c(NC(=O)C2COC(C)(C)O2)c1I. The number of ether oxygens (including phenoxy) is 4. The molecule has 2 N–H and O–H groups in total. The van der Waals surface area contributed by atoms with E-state index in [0.717, 1.165) is 0 Å². The van der Waals surface area contributed by atoms with Gasteiger partial charge in [0.15, 0.2) is 11.9 Å². The van der Waals surface area contributed by atoms with Gasteiger partial charge in [0.1, 0.15) is 13.2 Å². The molecule has 1 heterocycles. The van der Waals surface area contributed by atoms with Crippen LogP contribution in [0.3, 0.4) is 0 Å². The topological polar surface area (TPSA) is 129 Å². The van der Waals surface area contributed by atoms with Gasteiger partial charge in [0.2, 0.25) is 0 Å². The van der Waals surface area contributed by atoms with Crippen molar-refractivity contribution >= 4 is 97.2 Å². The highest BCUT2D eigenvalue weighted by Crippen LogP contribution is 2.36. The Labute approximate surface area is 232 Å². The van der Waals surface area contributed by atoms with Crippen molar-refractivity contribution in [3.8, 4) is 0 Å². The molecular weight excluding hydrogens is 777 g/mol. The zero-order chi connectivity index (χ0) is 24.9. The Hall–Kier alpha value is -0.790. The van der Waals surface area contributed by atoms with Crippen LogP contribution in [0, 0.1) is 10.7 Å². The quantitative estimate of drug-likeness (QED) is 0.234. The molecule has 182 valence electrons. The Bertz CT molecular complexity index is 967. The number of nitrogens with one attached hydrogen (secondary N) is 2. The zero-order valence-electron chi connectivity index (χ0n) is 18.3. The summed E-state index contributed by atoms with van der Waals surface area (Å²) in [6.45, 7) is 6.16. The van der Waals surface area contributed by atoms with Crippen LogP contribution < -0.4 is 10.6 Å². The number of anilines is 1. The minimum Gasteiger partial charge on any atom is -0.464 e. The maximum atomic E-state index is 13.0. The Morgan fingerprint density at radius 2 is 1.67 bits per heavy atom. The normalized spacial score (nSPS) is 16.8. The molecule has 1 fully saturated rings. The van der Waals surface area contributed by atoms with Gasteiger partial charge in [0.25, 0.3) is 11.8 Å². The van der Waals surface area contributed by atoms with Gasteiger partial charge < -0.3 is 29.6 Å². The Morgan fingerprint density at radius 3 is 2.21 bits per heavy atom. The second-order valence-electron chi connectivity index (χ2n) is 7.35. The molecule has 1 saturated heterocycles. The molecule has 0 spiro atoms. The van der Waals surface area contributed by atoms with Crippen LogP contribution in [0.2, 0.25) is 0 Å². The molecule has 10 nitrogen and oxygen atoms in total. The third-order valence-electron chi connectivity index (χ3n) is 4.30. The average molecular weight is 800 g/mol. The van der Waals surface area contributed by atoms with Gasteiger partial charge in [0, 0.05) is 26.6 Å². The zero-order valence-corrected chi connectivity index (χ0v) is 24.8. The first-order chi connectivity index (χ1) is 15.3. The maximum absolute atomic E-state index is 13.0. The van der Waals surface area contributed by atoms with E-state index in [9.17, 15) is 19.2 Å². The standard InChI is InChI=1S/C20H23I3N2O8/c1-9(26)30-6-5-24-19(29)13-14(21)11(7-31-10(2)27)15(22)17(16(13)23)25-18(28)12-8-32-20(3,4)33-12/h12H,5-8H2,1-4H3,(H,24,29)(H,25,28). The van der Waals surface area contributed by atoms with Gasteiger partial charge in [-0.05, 0) is 81.6 Å². The molecule has 1 atom stereocenters. The van der Waals surface area contributed by atoms with Gasteiger partial charge >= 0.3 is 11.9 Å². The van der Waals surface area contributed by atoms with Crippen LogP contribution in [-0.4, -0.2) is 55.4 Å². The molecule has 2 amide bonds. The van der Waals surface area contributed by atoms with E-state index in [-0.39, 0.29) is 26.4 Å². The predicted octanol–water partition coefficient (Wildman–Crippen LogP) is 2.95. The minimum atomic E-state index is -0.873. The van der Waals surface area contributed by atoms with Crippen LogP contribution in [0.15, 0.2) is 0 Å². The van der Waals surface area contributed by atoms with Gasteiger partial charge in [0.05, 0.1) is 28.0 Å². The number of carbonyl (C=O) groups is 4. The number of rotatable bonds is 8. The van der Waals surface area contributed by atoms with Crippen molar-refractivity contribution in [2.45, 2.75) is 46.2 Å². The lowest BCUT2D eigenvalue weighted by Gasteiger charge is -2.21. The van der Waals surface area contributed by atoms with E-state index >= 15 is 0 Å². The number of carbonyl (C=O) groups excluding carboxylic acids is 4. The monoisotopic (exact) mass is 800 g/mol. The van der Waals surface area contributed by atoms with Gasteiger partial charge in [-0.15, -0.1) is 0 Å². The van der Waals surface area contributed by atoms with E-state index in [1.807, 2.05) is 67.8 Å². The summed E-state index contributed by atoms with van der Waals surface area (Å²) in [5.74, 6) is -2.64. The van der Waals surface area contributed by atoms with Crippen molar-refractivity contribution in [2.75, 3.05) is 25.1 Å². The number of halogens is 3. The molecule has 13 heteroatoms. The first-order valence-corrected chi connectivity index (χ1v) is 12.9. The van der Waals surface area contributed by atoms with Crippen LogP contribution in [0.4, 0.5) is 5.69 Å². The molecule has 1 aromatic rings. The largest absolute Gasteiger partial charge is 0.464 e. The Morgan fingerprint density at radius 1 is 1.03 bits per heavy atom. The fourth-order valence-electron chi connectivity index (χ4n) is 2.79. The van der Waals surface area contributed by atoms with Crippen LogP contribution in [0.1, 0.15) is 43.6 Å².